The number of likely N-dealkylation sites (tertiary alicyclic amines) is 1. The number of hydrogen-bond acceptors (Lipinski definition) is 7. The molecule has 0 spiro atoms. The van der Waals surface area contributed by atoms with Gasteiger partial charge < -0.3 is 14.1 Å². The van der Waals surface area contributed by atoms with Gasteiger partial charge in [-0.3, -0.25) is 9.69 Å². The van der Waals surface area contributed by atoms with Crippen molar-refractivity contribution in [3.63, 3.8) is 0 Å². The summed E-state index contributed by atoms with van der Waals surface area (Å²) in [6, 6.07) is 9.95. The van der Waals surface area contributed by atoms with Gasteiger partial charge in [-0.1, -0.05) is 11.3 Å². The van der Waals surface area contributed by atoms with Crippen molar-refractivity contribution in [2.24, 2.45) is 0 Å². The third-order valence-electron chi connectivity index (χ3n) is 5.72. The van der Waals surface area contributed by atoms with Gasteiger partial charge in [-0.2, -0.15) is 0 Å². The van der Waals surface area contributed by atoms with E-state index >= 15 is 0 Å². The maximum absolute atomic E-state index is 11.8. The minimum absolute atomic E-state index is 0.168. The summed E-state index contributed by atoms with van der Waals surface area (Å²) in [7, 11) is 2.09. The summed E-state index contributed by atoms with van der Waals surface area (Å²) in [4.78, 5) is 25.7. The van der Waals surface area contributed by atoms with Crippen LogP contribution >= 0.6 is 11.3 Å². The fourth-order valence-corrected chi connectivity index (χ4v) is 5.08. The molecule has 1 aliphatic heterocycles. The minimum atomic E-state index is 0.168. The molecular weight excluding hydrogens is 412 g/mol. The van der Waals surface area contributed by atoms with Crippen molar-refractivity contribution in [3.8, 4) is 10.9 Å². The molecule has 0 radical (unpaired) electrons. The van der Waals surface area contributed by atoms with Gasteiger partial charge in [0.25, 0.3) is 5.19 Å². The quantitative estimate of drug-likeness (QED) is 0.437. The predicted molar refractivity (Wildman–Crippen MR) is 120 cm³/mol. The molecule has 7 nitrogen and oxygen atoms in total. The van der Waals surface area contributed by atoms with Crippen LogP contribution in [0.2, 0.25) is 0 Å². The summed E-state index contributed by atoms with van der Waals surface area (Å²) >= 11 is 1.42. The van der Waals surface area contributed by atoms with E-state index in [4.69, 9.17) is 9.15 Å². The Morgan fingerprint density at radius 1 is 1.39 bits per heavy atom. The molecule has 1 fully saturated rings. The Kier molecular flexibility index (Phi) is 5.33. The number of benzene rings is 1. The van der Waals surface area contributed by atoms with E-state index in [1.807, 2.05) is 41.5 Å². The SMILES string of the molecule is CC(=O)N1CCC[C@H]1CN(C)Cc1coc2cc(Oc3nc4cccnc4s3)ccc12. The highest BCUT2D eigenvalue weighted by atomic mass is 32.1. The van der Waals surface area contributed by atoms with E-state index < -0.39 is 0 Å². The molecule has 5 rings (SSSR count). The molecule has 4 heterocycles. The van der Waals surface area contributed by atoms with Crippen LogP contribution in [0.3, 0.4) is 0 Å². The molecule has 0 bridgehead atoms. The Bertz CT molecular complexity index is 1200. The molecular formula is C23H24N4O3S. The van der Waals surface area contributed by atoms with Gasteiger partial charge in [0, 0.05) is 55.8 Å². The molecule has 1 aliphatic rings. The van der Waals surface area contributed by atoms with E-state index in [0.29, 0.717) is 17.0 Å². The first-order chi connectivity index (χ1) is 15.1. The summed E-state index contributed by atoms with van der Waals surface area (Å²) in [6.45, 7) is 4.15. The van der Waals surface area contributed by atoms with Crippen LogP contribution in [0, 0.1) is 0 Å². The lowest BCUT2D eigenvalue weighted by atomic mass is 10.1. The van der Waals surface area contributed by atoms with Gasteiger partial charge in [0.05, 0.1) is 6.26 Å². The lowest BCUT2D eigenvalue weighted by Gasteiger charge is -2.27. The van der Waals surface area contributed by atoms with E-state index in [9.17, 15) is 4.79 Å². The van der Waals surface area contributed by atoms with Crippen molar-refractivity contribution in [3.05, 3.63) is 48.4 Å². The van der Waals surface area contributed by atoms with Crippen LogP contribution in [0.4, 0.5) is 0 Å². The van der Waals surface area contributed by atoms with Crippen LogP contribution in [0.1, 0.15) is 25.3 Å². The Labute approximate surface area is 184 Å². The number of pyridine rings is 1. The number of ether oxygens (including phenoxy) is 1. The molecule has 0 N–H and O–H groups in total. The molecule has 1 saturated heterocycles. The fraction of sp³-hybridized carbons (Fsp3) is 0.348. The van der Waals surface area contributed by atoms with Crippen molar-refractivity contribution in [2.75, 3.05) is 20.1 Å². The first-order valence-electron chi connectivity index (χ1n) is 10.4. The van der Waals surface area contributed by atoms with Crippen LogP contribution in [-0.2, 0) is 11.3 Å². The molecule has 8 heteroatoms. The van der Waals surface area contributed by atoms with Crippen LogP contribution in [-0.4, -0.2) is 51.9 Å². The van der Waals surface area contributed by atoms with E-state index in [1.165, 1.54) is 11.3 Å². The lowest BCUT2D eigenvalue weighted by molar-refractivity contribution is -0.129. The minimum Gasteiger partial charge on any atom is -0.464 e. The number of hydrogen-bond donors (Lipinski definition) is 0. The highest BCUT2D eigenvalue weighted by Crippen LogP contribution is 2.33. The largest absolute Gasteiger partial charge is 0.464 e. The first kappa shape index (κ1) is 20.0. The Morgan fingerprint density at radius 3 is 3.13 bits per heavy atom. The summed E-state index contributed by atoms with van der Waals surface area (Å²) < 4.78 is 11.8. The van der Waals surface area contributed by atoms with Gasteiger partial charge in [-0.05, 0) is 44.2 Å². The van der Waals surface area contributed by atoms with Crippen LogP contribution in [0.15, 0.2) is 47.2 Å². The maximum atomic E-state index is 11.8. The van der Waals surface area contributed by atoms with Gasteiger partial charge >= 0.3 is 0 Å². The van der Waals surface area contributed by atoms with Crippen molar-refractivity contribution in [1.29, 1.82) is 0 Å². The second-order valence-electron chi connectivity index (χ2n) is 8.03. The normalized spacial score (nSPS) is 16.6. The predicted octanol–water partition coefficient (Wildman–Crippen LogP) is 4.67. The molecule has 1 atom stereocenters. The number of furan rings is 1. The van der Waals surface area contributed by atoms with Gasteiger partial charge in [-0.15, -0.1) is 0 Å². The number of thiazole rings is 1. The highest BCUT2D eigenvalue weighted by molar-refractivity contribution is 7.19. The standard InChI is InChI=1S/C23H24N4O3S/c1-15(28)27-10-4-5-17(27)13-26(2)12-16-14-29-21-11-18(7-8-19(16)21)30-23-25-20-6-3-9-24-22(20)31-23/h3,6-9,11,14,17H,4-5,10,12-13H2,1-2H3/t17-/m0/s1. The van der Waals surface area contributed by atoms with Crippen molar-refractivity contribution in [2.45, 2.75) is 32.4 Å². The summed E-state index contributed by atoms with van der Waals surface area (Å²) in [5.41, 5.74) is 2.74. The average molecular weight is 437 g/mol. The number of aromatic nitrogens is 2. The van der Waals surface area contributed by atoms with Crippen LogP contribution in [0.25, 0.3) is 21.3 Å². The van der Waals surface area contributed by atoms with E-state index in [2.05, 4.69) is 21.9 Å². The third kappa shape index (κ3) is 4.13. The first-order valence-corrected chi connectivity index (χ1v) is 11.2. The highest BCUT2D eigenvalue weighted by Gasteiger charge is 2.27. The maximum Gasteiger partial charge on any atom is 0.281 e. The van der Waals surface area contributed by atoms with Gasteiger partial charge in [0.15, 0.2) is 0 Å². The van der Waals surface area contributed by atoms with Crippen LogP contribution in [0.5, 0.6) is 10.9 Å². The molecule has 3 aromatic heterocycles. The van der Waals surface area contributed by atoms with Crippen LogP contribution < -0.4 is 4.74 Å². The smallest absolute Gasteiger partial charge is 0.281 e. The Balaban J connectivity index is 1.28. The number of carbonyl (C=O) groups is 1. The number of likely N-dealkylation sites (N-methyl/N-ethyl adjacent to an activating group) is 1. The summed E-state index contributed by atoms with van der Waals surface area (Å²) in [5.74, 6) is 0.852. The van der Waals surface area contributed by atoms with E-state index in [1.54, 1.807) is 13.1 Å². The molecule has 31 heavy (non-hydrogen) atoms. The number of amides is 1. The topological polar surface area (TPSA) is 71.7 Å². The monoisotopic (exact) mass is 436 g/mol. The lowest BCUT2D eigenvalue weighted by Crippen LogP contribution is -2.40. The third-order valence-corrected chi connectivity index (χ3v) is 6.58. The van der Waals surface area contributed by atoms with Crippen molar-refractivity contribution >= 4 is 38.6 Å². The number of fused-ring (bicyclic) bond motifs is 2. The molecule has 0 aliphatic carbocycles. The molecule has 0 unspecified atom stereocenters. The zero-order valence-electron chi connectivity index (χ0n) is 17.6. The molecule has 1 aromatic carbocycles. The number of rotatable bonds is 6. The zero-order chi connectivity index (χ0) is 21.4. The van der Waals surface area contributed by atoms with Gasteiger partial charge in [0.1, 0.15) is 21.7 Å². The number of nitrogens with zero attached hydrogens (tertiary/aromatic N) is 4. The van der Waals surface area contributed by atoms with Crippen molar-refractivity contribution in [1.82, 2.24) is 19.8 Å². The van der Waals surface area contributed by atoms with Gasteiger partial charge in [-0.25, -0.2) is 9.97 Å². The molecule has 160 valence electrons. The fourth-order valence-electron chi connectivity index (χ4n) is 4.30. The molecule has 4 aromatic rings. The average Bonchev–Trinajstić information content (AvgIpc) is 3.46. The van der Waals surface area contributed by atoms with Gasteiger partial charge in [0.2, 0.25) is 5.91 Å². The summed E-state index contributed by atoms with van der Waals surface area (Å²) in [6.07, 6.45) is 5.71. The molecule has 1 amide bonds. The Hall–Kier alpha value is -2.97. The second kappa shape index (κ2) is 8.28. The second-order valence-corrected chi connectivity index (χ2v) is 8.97. The summed E-state index contributed by atoms with van der Waals surface area (Å²) in [5, 5.41) is 1.63. The molecule has 0 saturated carbocycles. The van der Waals surface area contributed by atoms with E-state index in [0.717, 1.165) is 59.4 Å². The Morgan fingerprint density at radius 2 is 2.29 bits per heavy atom. The number of carbonyl (C=O) groups excluding carboxylic acids is 1. The van der Waals surface area contributed by atoms with Crippen molar-refractivity contribution < 1.29 is 13.9 Å². The zero-order valence-corrected chi connectivity index (χ0v) is 18.4. The van der Waals surface area contributed by atoms with E-state index in [-0.39, 0.29) is 5.91 Å².